The highest BCUT2D eigenvalue weighted by Crippen LogP contribution is 2.34. The van der Waals surface area contributed by atoms with Crippen LogP contribution in [0.4, 0.5) is 0 Å². The Balaban J connectivity index is 1.75. The van der Waals surface area contributed by atoms with Crippen molar-refractivity contribution in [3.8, 4) is 0 Å². The minimum absolute atomic E-state index is 0.0119. The van der Waals surface area contributed by atoms with Crippen LogP contribution >= 0.6 is 23.2 Å². The molecule has 1 saturated heterocycles. The fourth-order valence-corrected chi connectivity index (χ4v) is 5.62. The largest absolute Gasteiger partial charge is 0.349 e. The van der Waals surface area contributed by atoms with Crippen molar-refractivity contribution in [1.29, 1.82) is 0 Å². The molecule has 1 heterocycles. The van der Waals surface area contributed by atoms with E-state index in [0.717, 1.165) is 63.0 Å². The summed E-state index contributed by atoms with van der Waals surface area (Å²) in [5, 5.41) is 4.25. The topological polar surface area (TPSA) is 52.7 Å². The van der Waals surface area contributed by atoms with Crippen molar-refractivity contribution in [1.82, 2.24) is 15.1 Å². The monoisotopic (exact) mass is 545 g/mol. The molecule has 3 rings (SSSR count). The van der Waals surface area contributed by atoms with Gasteiger partial charge < -0.3 is 15.1 Å². The zero-order chi connectivity index (χ0) is 27.0. The number of nitrogens with zero attached hydrogens (tertiary/aromatic N) is 2. The van der Waals surface area contributed by atoms with Gasteiger partial charge in [0.05, 0.1) is 21.5 Å². The number of hydrogen-bond donors (Lipinski definition) is 1. The minimum atomic E-state index is -0.777. The van der Waals surface area contributed by atoms with Crippen molar-refractivity contribution in [2.45, 2.75) is 77.3 Å². The number of carbonyl (C=O) groups excluding carboxylic acids is 2. The molecular weight excluding hydrogens is 505 g/mol. The molecule has 2 amide bonds. The molecule has 202 valence electrons. The van der Waals surface area contributed by atoms with Gasteiger partial charge in [-0.1, -0.05) is 73.4 Å². The van der Waals surface area contributed by atoms with Crippen molar-refractivity contribution < 1.29 is 9.59 Å². The number of halogens is 2. The highest BCUT2D eigenvalue weighted by molar-refractivity contribution is 6.42. The van der Waals surface area contributed by atoms with Gasteiger partial charge in [-0.3, -0.25) is 9.59 Å². The molecule has 0 aliphatic carbocycles. The molecule has 1 aliphatic heterocycles. The number of carbonyl (C=O) groups is 2. The molecule has 1 aliphatic rings. The van der Waals surface area contributed by atoms with Crippen LogP contribution < -0.4 is 5.32 Å². The van der Waals surface area contributed by atoms with E-state index in [1.165, 1.54) is 0 Å². The summed E-state index contributed by atoms with van der Waals surface area (Å²) in [5.74, 6) is 0.148. The normalized spacial score (nSPS) is 17.1. The molecule has 7 heteroatoms. The Labute approximate surface area is 232 Å². The van der Waals surface area contributed by atoms with Gasteiger partial charge in [-0.25, -0.2) is 0 Å². The molecule has 2 aromatic rings. The van der Waals surface area contributed by atoms with E-state index in [4.69, 9.17) is 23.2 Å². The highest BCUT2D eigenvalue weighted by atomic mass is 35.5. The third-order valence-electron chi connectivity index (χ3n) is 7.77. The Hall–Kier alpha value is -2.08. The van der Waals surface area contributed by atoms with Crippen LogP contribution in [0, 0.1) is 0 Å². The smallest absolute Gasteiger partial charge is 0.230 e. The molecule has 2 atom stereocenters. The van der Waals surface area contributed by atoms with Crippen LogP contribution in [0.15, 0.2) is 48.5 Å². The van der Waals surface area contributed by atoms with Crippen LogP contribution in [0.25, 0.3) is 0 Å². The van der Waals surface area contributed by atoms with Crippen molar-refractivity contribution in [3.05, 3.63) is 69.7 Å². The Morgan fingerprint density at radius 1 is 1.08 bits per heavy atom. The van der Waals surface area contributed by atoms with Crippen LogP contribution in [0.5, 0.6) is 0 Å². The van der Waals surface area contributed by atoms with Crippen molar-refractivity contribution in [2.24, 2.45) is 0 Å². The number of likely N-dealkylation sites (tertiary alicyclic amines) is 1. The molecule has 37 heavy (non-hydrogen) atoms. The second-order valence-electron chi connectivity index (χ2n) is 10.3. The molecule has 2 aromatic carbocycles. The van der Waals surface area contributed by atoms with Crippen molar-refractivity contribution in [2.75, 3.05) is 26.2 Å². The Morgan fingerprint density at radius 2 is 1.76 bits per heavy atom. The third-order valence-corrected chi connectivity index (χ3v) is 8.51. The summed E-state index contributed by atoms with van der Waals surface area (Å²) in [7, 11) is 0. The summed E-state index contributed by atoms with van der Waals surface area (Å²) < 4.78 is 0. The van der Waals surface area contributed by atoms with E-state index in [9.17, 15) is 9.59 Å². The molecule has 0 aromatic heterocycles. The van der Waals surface area contributed by atoms with Gasteiger partial charge in [0.1, 0.15) is 0 Å². The summed E-state index contributed by atoms with van der Waals surface area (Å²) >= 11 is 12.6. The van der Waals surface area contributed by atoms with E-state index in [-0.39, 0.29) is 17.9 Å². The van der Waals surface area contributed by atoms with E-state index in [1.807, 2.05) is 42.2 Å². The van der Waals surface area contributed by atoms with E-state index in [0.29, 0.717) is 22.5 Å². The van der Waals surface area contributed by atoms with Gasteiger partial charge >= 0.3 is 0 Å². The lowest BCUT2D eigenvalue weighted by atomic mass is 9.77. The standard InChI is InChI=1S/C30H41Cl2N3O2/c1-5-17-35(22(3)36)25-14-18-34(19-15-25)20-16-30(4,24-12-13-26(31)27(32)21-24)29(37)33-28(6-2)23-10-8-7-9-11-23/h7-13,21,25,28H,5-6,14-20H2,1-4H3,(H,33,37)/t28-,30?/m1/s1. The number of hydrogen-bond acceptors (Lipinski definition) is 3. The molecule has 1 N–H and O–H groups in total. The molecule has 0 bridgehead atoms. The zero-order valence-corrected chi connectivity index (χ0v) is 24.1. The molecule has 1 fully saturated rings. The summed E-state index contributed by atoms with van der Waals surface area (Å²) in [6.07, 6.45) is 4.34. The van der Waals surface area contributed by atoms with Crippen LogP contribution in [0.1, 0.15) is 77.0 Å². The molecule has 0 spiro atoms. The van der Waals surface area contributed by atoms with Gasteiger partial charge in [-0.05, 0) is 68.8 Å². The fraction of sp³-hybridized carbons (Fsp3) is 0.533. The molecule has 1 unspecified atom stereocenters. The predicted molar refractivity (Wildman–Crippen MR) is 153 cm³/mol. The first-order valence-corrected chi connectivity index (χ1v) is 14.3. The average molecular weight is 547 g/mol. The lowest BCUT2D eigenvalue weighted by Gasteiger charge is -2.39. The van der Waals surface area contributed by atoms with Crippen LogP contribution in [0.3, 0.4) is 0 Å². The van der Waals surface area contributed by atoms with Gasteiger partial charge in [0, 0.05) is 32.6 Å². The molecular formula is C30H41Cl2N3O2. The third kappa shape index (κ3) is 7.49. The van der Waals surface area contributed by atoms with Gasteiger partial charge in [-0.15, -0.1) is 0 Å². The Kier molecular flexibility index (Phi) is 10.9. The summed E-state index contributed by atoms with van der Waals surface area (Å²) in [6.45, 7) is 11.3. The summed E-state index contributed by atoms with van der Waals surface area (Å²) in [6, 6.07) is 15.8. The summed E-state index contributed by atoms with van der Waals surface area (Å²) in [5.41, 5.74) is 1.18. The second kappa shape index (κ2) is 13.6. The predicted octanol–water partition coefficient (Wildman–Crippen LogP) is 6.63. The molecule has 0 saturated carbocycles. The Morgan fingerprint density at radius 3 is 2.32 bits per heavy atom. The number of amides is 2. The maximum absolute atomic E-state index is 13.9. The number of piperidine rings is 1. The zero-order valence-electron chi connectivity index (χ0n) is 22.6. The SMILES string of the molecule is CCCN(C(C)=O)C1CCN(CCC(C)(C(=O)N[C@H](CC)c2ccccc2)c2ccc(Cl)c(Cl)c2)CC1. The van der Waals surface area contributed by atoms with Gasteiger partial charge in [0.25, 0.3) is 0 Å². The lowest BCUT2D eigenvalue weighted by molar-refractivity contribution is -0.132. The number of benzene rings is 2. The number of nitrogens with one attached hydrogen (secondary N) is 1. The van der Waals surface area contributed by atoms with E-state index >= 15 is 0 Å². The first-order valence-electron chi connectivity index (χ1n) is 13.5. The average Bonchev–Trinajstić information content (AvgIpc) is 2.91. The van der Waals surface area contributed by atoms with Crippen molar-refractivity contribution >= 4 is 35.0 Å². The number of rotatable bonds is 11. The second-order valence-corrected chi connectivity index (χ2v) is 11.2. The van der Waals surface area contributed by atoms with E-state index < -0.39 is 5.41 Å². The van der Waals surface area contributed by atoms with Crippen LogP contribution in [0.2, 0.25) is 10.0 Å². The Bertz CT molecular complexity index is 1040. The summed E-state index contributed by atoms with van der Waals surface area (Å²) in [4.78, 5) is 30.5. The first-order chi connectivity index (χ1) is 17.7. The first kappa shape index (κ1) is 29.5. The fourth-order valence-electron chi connectivity index (χ4n) is 5.33. The van der Waals surface area contributed by atoms with Gasteiger partial charge in [-0.2, -0.15) is 0 Å². The van der Waals surface area contributed by atoms with Crippen LogP contribution in [-0.4, -0.2) is 53.8 Å². The van der Waals surface area contributed by atoms with Crippen LogP contribution in [-0.2, 0) is 15.0 Å². The maximum atomic E-state index is 13.9. The quantitative estimate of drug-likeness (QED) is 0.344. The van der Waals surface area contributed by atoms with Gasteiger partial charge in [0.15, 0.2) is 0 Å². The maximum Gasteiger partial charge on any atom is 0.230 e. The van der Waals surface area contributed by atoms with E-state index in [2.05, 4.69) is 36.2 Å². The van der Waals surface area contributed by atoms with E-state index in [1.54, 1.807) is 13.0 Å². The highest BCUT2D eigenvalue weighted by Gasteiger charge is 2.37. The molecule has 0 radical (unpaired) electrons. The van der Waals surface area contributed by atoms with Gasteiger partial charge in [0.2, 0.25) is 11.8 Å². The van der Waals surface area contributed by atoms with Crippen molar-refractivity contribution in [3.63, 3.8) is 0 Å². The lowest BCUT2D eigenvalue weighted by Crippen LogP contribution is -2.49. The molecule has 5 nitrogen and oxygen atoms in total. The minimum Gasteiger partial charge on any atom is -0.349 e.